The quantitative estimate of drug-likeness (QED) is 0.338. The molecule has 1 amide bonds. The van der Waals surface area contributed by atoms with Crippen molar-refractivity contribution in [3.8, 4) is 11.8 Å². The fraction of sp³-hybridized carbons (Fsp3) is 0.375. The molecule has 1 aliphatic heterocycles. The molecule has 3 rings (SSSR count). The third kappa shape index (κ3) is 7.27. The number of carbonyl (C=O) groups is 1. The van der Waals surface area contributed by atoms with Crippen LogP contribution in [0.15, 0.2) is 53.4 Å². The third-order valence-electron chi connectivity index (χ3n) is 5.53. The lowest BCUT2D eigenvalue weighted by Gasteiger charge is -2.31. The predicted molar refractivity (Wildman–Crippen MR) is 131 cm³/mol. The maximum atomic E-state index is 13.4. The molecule has 8 nitrogen and oxygen atoms in total. The Balaban J connectivity index is 0.00000408. The Morgan fingerprint density at radius 2 is 1.62 bits per heavy atom. The van der Waals surface area contributed by atoms with E-state index in [1.807, 2.05) is 31.2 Å². The number of nitrogens with zero attached hydrogens (tertiary/aromatic N) is 2. The molecule has 34 heavy (non-hydrogen) atoms. The van der Waals surface area contributed by atoms with Crippen molar-refractivity contribution in [2.24, 2.45) is 0 Å². The number of halogens is 1. The number of hydrogen-bond donors (Lipinski definition) is 2. The summed E-state index contributed by atoms with van der Waals surface area (Å²) in [6.07, 6.45) is 0. The molecule has 2 N–H and O–H groups in total. The summed E-state index contributed by atoms with van der Waals surface area (Å²) in [6, 6.07) is 13.0. The van der Waals surface area contributed by atoms with E-state index < -0.39 is 22.0 Å². The fourth-order valence-electron chi connectivity index (χ4n) is 3.44. The second kappa shape index (κ2) is 12.9. The largest absolute Gasteiger partial charge is 0.379 e. The molecule has 1 heterocycles. The molecule has 0 radical (unpaired) electrons. The van der Waals surface area contributed by atoms with Gasteiger partial charge < -0.3 is 4.74 Å². The Morgan fingerprint density at radius 3 is 2.15 bits per heavy atom. The molecule has 1 saturated heterocycles. The van der Waals surface area contributed by atoms with Crippen molar-refractivity contribution in [2.75, 3.05) is 39.4 Å². The molecule has 0 unspecified atom stereocenters. The Bertz CT molecular complexity index is 1110. The summed E-state index contributed by atoms with van der Waals surface area (Å²) in [6.45, 7) is 6.58. The lowest BCUT2D eigenvalue weighted by Crippen LogP contribution is -2.50. The molecule has 0 bridgehead atoms. The maximum Gasteiger partial charge on any atom is 0.261 e. The minimum Gasteiger partial charge on any atom is -0.379 e. The first-order valence-corrected chi connectivity index (χ1v) is 12.2. The third-order valence-corrected chi connectivity index (χ3v) is 7.51. The first-order valence-electron chi connectivity index (χ1n) is 10.8. The van der Waals surface area contributed by atoms with E-state index in [0.717, 1.165) is 15.4 Å². The van der Waals surface area contributed by atoms with E-state index in [4.69, 9.17) is 9.94 Å². The molecule has 0 spiro atoms. The number of hydrogen-bond acceptors (Lipinski definition) is 6. The highest BCUT2D eigenvalue weighted by Gasteiger charge is 2.33. The average molecular weight is 508 g/mol. The van der Waals surface area contributed by atoms with E-state index in [1.54, 1.807) is 17.6 Å². The number of morpholine rings is 1. The molecule has 0 saturated carbocycles. The van der Waals surface area contributed by atoms with E-state index in [9.17, 15) is 13.2 Å². The topological polar surface area (TPSA) is 99.2 Å². The van der Waals surface area contributed by atoms with Gasteiger partial charge in [-0.1, -0.05) is 29.5 Å². The number of benzene rings is 2. The van der Waals surface area contributed by atoms with Crippen LogP contribution in [-0.2, 0) is 19.6 Å². The minimum atomic E-state index is -3.99. The Hall–Kier alpha value is -2.45. The van der Waals surface area contributed by atoms with Crippen molar-refractivity contribution < 1.29 is 23.2 Å². The number of aryl methyl sites for hydroxylation is 1. The lowest BCUT2D eigenvalue weighted by molar-refractivity contribution is -0.132. The van der Waals surface area contributed by atoms with Gasteiger partial charge in [0.1, 0.15) is 6.04 Å². The summed E-state index contributed by atoms with van der Waals surface area (Å²) in [5.74, 6) is 5.30. The fourth-order valence-corrected chi connectivity index (χ4v) is 5.02. The summed E-state index contributed by atoms with van der Waals surface area (Å²) in [5.41, 5.74) is 4.25. The molecular weight excluding hydrogens is 478 g/mol. The smallest absolute Gasteiger partial charge is 0.261 e. The minimum absolute atomic E-state index is 0. The number of carbonyl (C=O) groups excluding carboxylic acids is 1. The number of rotatable bonds is 7. The zero-order valence-electron chi connectivity index (χ0n) is 19.2. The molecule has 0 aromatic heterocycles. The van der Waals surface area contributed by atoms with Gasteiger partial charge in [-0.2, -0.15) is 4.31 Å². The second-order valence-electron chi connectivity index (χ2n) is 7.86. The van der Waals surface area contributed by atoms with Crippen LogP contribution in [0.1, 0.15) is 23.6 Å². The van der Waals surface area contributed by atoms with Gasteiger partial charge in [0.25, 0.3) is 5.91 Å². The maximum absolute atomic E-state index is 13.4. The summed E-state index contributed by atoms with van der Waals surface area (Å²) in [5, 5.41) is 9.05. The predicted octanol–water partition coefficient (Wildman–Crippen LogP) is 2.03. The van der Waals surface area contributed by atoms with Gasteiger partial charge in [-0.15, -0.1) is 12.4 Å². The Labute approximate surface area is 207 Å². The van der Waals surface area contributed by atoms with Crippen molar-refractivity contribution in [3.63, 3.8) is 0 Å². The van der Waals surface area contributed by atoms with Gasteiger partial charge in [0.05, 0.1) is 18.1 Å². The number of ether oxygens (including phenoxy) is 1. The second-order valence-corrected chi connectivity index (χ2v) is 9.75. The van der Waals surface area contributed by atoms with E-state index >= 15 is 0 Å². The van der Waals surface area contributed by atoms with Crippen LogP contribution in [0.5, 0.6) is 0 Å². The van der Waals surface area contributed by atoms with Crippen LogP contribution in [0.2, 0.25) is 0 Å². The van der Waals surface area contributed by atoms with Crippen molar-refractivity contribution in [1.29, 1.82) is 0 Å². The summed E-state index contributed by atoms with van der Waals surface area (Å²) in [4.78, 5) is 14.2. The van der Waals surface area contributed by atoms with Crippen LogP contribution in [-0.4, -0.2) is 74.2 Å². The van der Waals surface area contributed by atoms with E-state index in [-0.39, 0.29) is 23.8 Å². The first kappa shape index (κ1) is 27.8. The van der Waals surface area contributed by atoms with Gasteiger partial charge in [-0.25, -0.2) is 13.9 Å². The van der Waals surface area contributed by atoms with Gasteiger partial charge >= 0.3 is 0 Å². The summed E-state index contributed by atoms with van der Waals surface area (Å²) in [7, 11) is -3.99. The Morgan fingerprint density at radius 1 is 1.09 bits per heavy atom. The molecular formula is C24H30ClN3O5S. The molecule has 1 fully saturated rings. The zero-order chi connectivity index (χ0) is 23.8. The molecule has 10 heteroatoms. The van der Waals surface area contributed by atoms with E-state index in [2.05, 4.69) is 16.7 Å². The first-order chi connectivity index (χ1) is 15.8. The number of sulfonamides is 1. The number of hydroxylamine groups is 1. The molecule has 2 aromatic carbocycles. The van der Waals surface area contributed by atoms with Crippen LogP contribution in [0.3, 0.4) is 0 Å². The van der Waals surface area contributed by atoms with Crippen molar-refractivity contribution in [2.45, 2.75) is 24.8 Å². The highest BCUT2D eigenvalue weighted by atomic mass is 35.5. The van der Waals surface area contributed by atoms with Gasteiger partial charge in [0, 0.05) is 37.3 Å². The van der Waals surface area contributed by atoms with Crippen LogP contribution in [0.25, 0.3) is 0 Å². The molecule has 184 valence electrons. The van der Waals surface area contributed by atoms with Crippen LogP contribution >= 0.6 is 12.4 Å². The monoisotopic (exact) mass is 507 g/mol. The van der Waals surface area contributed by atoms with Gasteiger partial charge in [-0.3, -0.25) is 14.9 Å². The molecule has 0 aliphatic carbocycles. The lowest BCUT2D eigenvalue weighted by atomic mass is 10.1. The van der Waals surface area contributed by atoms with Crippen molar-refractivity contribution >= 4 is 28.3 Å². The average Bonchev–Trinajstić information content (AvgIpc) is 2.84. The van der Waals surface area contributed by atoms with Crippen LogP contribution in [0.4, 0.5) is 0 Å². The SMILES string of the molecule is Cc1ccc(C#Cc2ccc(S(=O)(=O)N(CCN3CCOCC3)[C@H](C)C(=O)NO)cc2)cc1.Cl. The van der Waals surface area contributed by atoms with Gasteiger partial charge in [0.2, 0.25) is 10.0 Å². The van der Waals surface area contributed by atoms with Crippen LogP contribution in [0, 0.1) is 18.8 Å². The molecule has 2 aromatic rings. The summed E-state index contributed by atoms with van der Waals surface area (Å²) < 4.78 is 33.2. The standard InChI is InChI=1S/C24H29N3O5S.ClH/c1-19-3-5-21(6-4-19)7-8-22-9-11-23(12-10-22)33(30,31)27(20(2)24(28)25-29)14-13-26-15-17-32-18-16-26;/h3-6,9-12,20,29H,13-18H2,1-2H3,(H,25,28);1H/t20-;/m1./s1. The van der Waals surface area contributed by atoms with Gasteiger partial charge in [-0.05, 0) is 50.2 Å². The zero-order valence-corrected chi connectivity index (χ0v) is 20.9. The van der Waals surface area contributed by atoms with Crippen molar-refractivity contribution in [3.05, 3.63) is 65.2 Å². The normalized spacial score (nSPS) is 15.1. The number of nitrogens with one attached hydrogen (secondary N) is 1. The highest BCUT2D eigenvalue weighted by Crippen LogP contribution is 2.19. The van der Waals surface area contributed by atoms with Crippen LogP contribution < -0.4 is 5.48 Å². The number of amides is 1. The van der Waals surface area contributed by atoms with E-state index in [1.165, 1.54) is 19.1 Å². The molecule has 1 atom stereocenters. The highest BCUT2D eigenvalue weighted by molar-refractivity contribution is 7.89. The van der Waals surface area contributed by atoms with Crippen molar-refractivity contribution in [1.82, 2.24) is 14.7 Å². The van der Waals surface area contributed by atoms with E-state index in [0.29, 0.717) is 38.4 Å². The molecule has 1 aliphatic rings. The van der Waals surface area contributed by atoms with Gasteiger partial charge in [0.15, 0.2) is 0 Å². The summed E-state index contributed by atoms with van der Waals surface area (Å²) >= 11 is 0. The Kier molecular flexibility index (Phi) is 10.5.